The minimum absolute atomic E-state index is 0.0194. The maximum absolute atomic E-state index is 13.1. The molecule has 142 valence electrons. The number of para-hydroxylation sites is 1. The van der Waals surface area contributed by atoms with Crippen LogP contribution in [0.3, 0.4) is 0 Å². The fourth-order valence-electron chi connectivity index (χ4n) is 2.89. The van der Waals surface area contributed by atoms with E-state index in [1.807, 2.05) is 13.0 Å². The van der Waals surface area contributed by atoms with Crippen LogP contribution in [0.4, 0.5) is 17.6 Å². The molecule has 10 nitrogen and oxygen atoms in total. The Morgan fingerprint density at radius 3 is 2.71 bits per heavy atom. The molecule has 4 rings (SSSR count). The molecule has 0 unspecified atom stereocenters. The Bertz CT molecular complexity index is 1220. The van der Waals surface area contributed by atoms with Crippen molar-refractivity contribution in [3.63, 3.8) is 0 Å². The smallest absolute Gasteiger partial charge is 0.267 e. The molecule has 1 atom stereocenters. The standard InChI is InChI=1S/C17H16ClN9O/c1-8(22-14-12(18)13(19)24-17(20)25-14)15-23-10-5-3-2-4-9(10)16(28)27(15)11-6-7-21-26-11/h2-8H,1H3,(H,21,26)(H5,19,20,22,24,25)/t8-/m0/s1. The highest BCUT2D eigenvalue weighted by Gasteiger charge is 2.20. The molecule has 11 heteroatoms. The Morgan fingerprint density at radius 2 is 1.96 bits per heavy atom. The van der Waals surface area contributed by atoms with Crippen LogP contribution in [0.5, 0.6) is 0 Å². The van der Waals surface area contributed by atoms with Gasteiger partial charge in [0.1, 0.15) is 22.5 Å². The van der Waals surface area contributed by atoms with E-state index in [0.29, 0.717) is 22.5 Å². The van der Waals surface area contributed by atoms with E-state index in [1.54, 1.807) is 30.5 Å². The van der Waals surface area contributed by atoms with Gasteiger partial charge in [-0.05, 0) is 19.1 Å². The van der Waals surface area contributed by atoms with Gasteiger partial charge in [0.05, 0.1) is 23.1 Å². The first-order valence-electron chi connectivity index (χ1n) is 8.32. The third kappa shape index (κ3) is 2.99. The summed E-state index contributed by atoms with van der Waals surface area (Å²) in [6.07, 6.45) is 1.56. The van der Waals surface area contributed by atoms with Crippen LogP contribution in [0, 0.1) is 0 Å². The van der Waals surface area contributed by atoms with Gasteiger partial charge in [-0.3, -0.25) is 9.89 Å². The van der Waals surface area contributed by atoms with Crippen molar-refractivity contribution in [2.24, 2.45) is 0 Å². The number of benzene rings is 1. The van der Waals surface area contributed by atoms with Crippen molar-refractivity contribution in [1.29, 1.82) is 0 Å². The van der Waals surface area contributed by atoms with Crippen LogP contribution in [0.15, 0.2) is 41.3 Å². The molecule has 6 N–H and O–H groups in total. The van der Waals surface area contributed by atoms with Crippen LogP contribution >= 0.6 is 11.6 Å². The SMILES string of the molecule is C[C@H](Nc1nc(N)nc(N)c1Cl)c1nc2ccccc2c(=O)n1-c1ccn[nH]1. The van der Waals surface area contributed by atoms with Crippen molar-refractivity contribution in [2.45, 2.75) is 13.0 Å². The predicted octanol–water partition coefficient (Wildman–Crippen LogP) is 1.89. The lowest BCUT2D eigenvalue weighted by molar-refractivity contribution is 0.720. The van der Waals surface area contributed by atoms with Crippen molar-refractivity contribution < 1.29 is 0 Å². The number of halogens is 1. The Labute approximate surface area is 163 Å². The van der Waals surface area contributed by atoms with E-state index < -0.39 is 6.04 Å². The van der Waals surface area contributed by atoms with Gasteiger partial charge in [0.25, 0.3) is 5.56 Å². The van der Waals surface area contributed by atoms with Crippen molar-refractivity contribution in [3.05, 3.63) is 57.7 Å². The summed E-state index contributed by atoms with van der Waals surface area (Å²) in [7, 11) is 0. The molecule has 0 radical (unpaired) electrons. The van der Waals surface area contributed by atoms with Gasteiger partial charge in [-0.2, -0.15) is 15.1 Å². The summed E-state index contributed by atoms with van der Waals surface area (Å²) in [4.78, 5) is 25.7. The monoisotopic (exact) mass is 397 g/mol. The first kappa shape index (κ1) is 17.7. The quantitative estimate of drug-likeness (QED) is 0.407. The molecule has 28 heavy (non-hydrogen) atoms. The number of hydrogen-bond donors (Lipinski definition) is 4. The largest absolute Gasteiger partial charge is 0.382 e. The molecule has 1 aromatic carbocycles. The zero-order chi connectivity index (χ0) is 19.8. The van der Waals surface area contributed by atoms with E-state index in [2.05, 4.69) is 30.5 Å². The first-order chi connectivity index (χ1) is 13.5. The molecule has 4 aromatic rings. The zero-order valence-corrected chi connectivity index (χ0v) is 15.5. The lowest BCUT2D eigenvalue weighted by Gasteiger charge is -2.20. The number of fused-ring (bicyclic) bond motifs is 1. The van der Waals surface area contributed by atoms with Crippen molar-refractivity contribution in [1.82, 2.24) is 29.7 Å². The third-order valence-electron chi connectivity index (χ3n) is 4.16. The number of nitrogen functional groups attached to an aromatic ring is 2. The maximum atomic E-state index is 13.1. The number of aromatic amines is 1. The van der Waals surface area contributed by atoms with Crippen molar-refractivity contribution in [3.8, 4) is 5.82 Å². The fourth-order valence-corrected chi connectivity index (χ4v) is 3.03. The lowest BCUT2D eigenvalue weighted by atomic mass is 10.2. The van der Waals surface area contributed by atoms with Gasteiger partial charge in [0.2, 0.25) is 5.95 Å². The number of hydrogen-bond acceptors (Lipinski definition) is 8. The number of aromatic nitrogens is 6. The molecule has 0 saturated carbocycles. The molecule has 0 aliphatic rings. The van der Waals surface area contributed by atoms with E-state index in [4.69, 9.17) is 23.1 Å². The number of nitrogens with zero attached hydrogens (tertiary/aromatic N) is 5. The van der Waals surface area contributed by atoms with E-state index in [0.717, 1.165) is 0 Å². The number of nitrogens with one attached hydrogen (secondary N) is 2. The van der Waals surface area contributed by atoms with Crippen LogP contribution < -0.4 is 22.3 Å². The van der Waals surface area contributed by atoms with Gasteiger partial charge >= 0.3 is 0 Å². The average molecular weight is 398 g/mol. The average Bonchev–Trinajstić information content (AvgIpc) is 3.19. The van der Waals surface area contributed by atoms with Crippen LogP contribution in [0.2, 0.25) is 5.02 Å². The molecule has 3 aromatic heterocycles. The van der Waals surface area contributed by atoms with Crippen LogP contribution in [0.1, 0.15) is 18.8 Å². The molecule has 0 spiro atoms. The van der Waals surface area contributed by atoms with Gasteiger partial charge in [0, 0.05) is 6.07 Å². The minimum Gasteiger partial charge on any atom is -0.382 e. The summed E-state index contributed by atoms with van der Waals surface area (Å²) in [5.74, 6) is 1.20. The summed E-state index contributed by atoms with van der Waals surface area (Å²) in [6.45, 7) is 1.81. The predicted molar refractivity (Wildman–Crippen MR) is 107 cm³/mol. The van der Waals surface area contributed by atoms with Crippen molar-refractivity contribution >= 4 is 40.1 Å². The minimum atomic E-state index is -0.480. The first-order valence-corrected chi connectivity index (χ1v) is 8.70. The molecular weight excluding hydrogens is 382 g/mol. The molecule has 0 fully saturated rings. The number of H-pyrrole nitrogens is 1. The molecule has 0 aliphatic heterocycles. The molecule has 0 amide bonds. The molecule has 0 saturated heterocycles. The van der Waals surface area contributed by atoms with E-state index in [-0.39, 0.29) is 28.2 Å². The Hall–Kier alpha value is -3.66. The molecule has 0 aliphatic carbocycles. The van der Waals surface area contributed by atoms with Gasteiger partial charge in [-0.15, -0.1) is 0 Å². The second-order valence-electron chi connectivity index (χ2n) is 6.07. The molecule has 0 bridgehead atoms. The number of nitrogens with two attached hydrogens (primary N) is 2. The van der Waals surface area contributed by atoms with Crippen LogP contribution in [-0.4, -0.2) is 29.7 Å². The Morgan fingerprint density at radius 1 is 1.18 bits per heavy atom. The molecule has 3 heterocycles. The normalized spacial score (nSPS) is 12.2. The third-order valence-corrected chi connectivity index (χ3v) is 4.54. The van der Waals surface area contributed by atoms with E-state index >= 15 is 0 Å². The van der Waals surface area contributed by atoms with Gasteiger partial charge in [-0.25, -0.2) is 9.55 Å². The zero-order valence-electron chi connectivity index (χ0n) is 14.7. The highest BCUT2D eigenvalue weighted by Crippen LogP contribution is 2.28. The summed E-state index contributed by atoms with van der Waals surface area (Å²) in [6, 6.07) is 8.31. The second kappa shape index (κ2) is 6.82. The summed E-state index contributed by atoms with van der Waals surface area (Å²) < 4.78 is 1.45. The van der Waals surface area contributed by atoms with Gasteiger partial charge in [-0.1, -0.05) is 23.7 Å². The Balaban J connectivity index is 1.88. The highest BCUT2D eigenvalue weighted by atomic mass is 35.5. The van der Waals surface area contributed by atoms with E-state index in [9.17, 15) is 4.79 Å². The summed E-state index contributed by atoms with van der Waals surface area (Å²) in [5, 5.41) is 10.5. The second-order valence-corrected chi connectivity index (χ2v) is 6.44. The van der Waals surface area contributed by atoms with Crippen LogP contribution in [0.25, 0.3) is 16.7 Å². The lowest BCUT2D eigenvalue weighted by Crippen LogP contribution is -2.27. The maximum Gasteiger partial charge on any atom is 0.267 e. The topological polar surface area (TPSA) is 153 Å². The van der Waals surface area contributed by atoms with Gasteiger partial charge in [0.15, 0.2) is 5.82 Å². The van der Waals surface area contributed by atoms with Gasteiger partial charge < -0.3 is 16.8 Å². The highest BCUT2D eigenvalue weighted by molar-refractivity contribution is 6.35. The van der Waals surface area contributed by atoms with Crippen molar-refractivity contribution in [2.75, 3.05) is 16.8 Å². The summed E-state index contributed by atoms with van der Waals surface area (Å²) >= 11 is 6.19. The van der Waals surface area contributed by atoms with Crippen LogP contribution in [-0.2, 0) is 0 Å². The fraction of sp³-hybridized carbons (Fsp3) is 0.118. The number of rotatable bonds is 4. The molecular formula is C17H16ClN9O. The summed E-state index contributed by atoms with van der Waals surface area (Å²) in [5.41, 5.74) is 11.8. The van der Waals surface area contributed by atoms with E-state index in [1.165, 1.54) is 4.57 Å². The Kier molecular flexibility index (Phi) is 4.32. The number of anilines is 3.